The second-order valence-corrected chi connectivity index (χ2v) is 8.16. The summed E-state index contributed by atoms with van der Waals surface area (Å²) in [6.07, 6.45) is 5.61. The molecule has 1 N–H and O–H groups in total. The molecule has 0 spiro atoms. The van der Waals surface area contributed by atoms with E-state index in [4.69, 9.17) is 0 Å². The molecule has 0 amide bonds. The van der Waals surface area contributed by atoms with Gasteiger partial charge in [-0.2, -0.15) is 5.10 Å². The van der Waals surface area contributed by atoms with E-state index in [9.17, 15) is 0 Å². The first-order valence-electron chi connectivity index (χ1n) is 8.34. The van der Waals surface area contributed by atoms with Crippen molar-refractivity contribution in [2.45, 2.75) is 38.4 Å². The van der Waals surface area contributed by atoms with Gasteiger partial charge < -0.3 is 5.32 Å². The number of thiophene rings is 1. The summed E-state index contributed by atoms with van der Waals surface area (Å²) in [6.45, 7) is 1.78. The van der Waals surface area contributed by atoms with Gasteiger partial charge in [-0.15, -0.1) is 11.3 Å². The van der Waals surface area contributed by atoms with Crippen LogP contribution in [0.25, 0.3) is 0 Å². The second kappa shape index (κ2) is 7.21. The molecule has 1 aliphatic carbocycles. The van der Waals surface area contributed by atoms with E-state index in [1.807, 2.05) is 0 Å². The standard InChI is InChI=1S/C19H20BrN3S/c20-15-9-16(24-13-15)10-21-18-7-4-8-19-17(18)11-22-23(19)12-14-5-2-1-3-6-14/h1-3,5-6,9,11,13,18,21H,4,7-8,10,12H2/t18-/m1/s1. The van der Waals surface area contributed by atoms with Gasteiger partial charge in [0.1, 0.15) is 0 Å². The molecule has 24 heavy (non-hydrogen) atoms. The first-order chi connectivity index (χ1) is 11.8. The van der Waals surface area contributed by atoms with Gasteiger partial charge in [-0.1, -0.05) is 30.3 Å². The lowest BCUT2D eigenvalue weighted by molar-refractivity contribution is 0.451. The van der Waals surface area contributed by atoms with Gasteiger partial charge in [0.25, 0.3) is 0 Å². The fraction of sp³-hybridized carbons (Fsp3) is 0.316. The molecule has 0 bridgehead atoms. The molecule has 124 valence electrons. The summed E-state index contributed by atoms with van der Waals surface area (Å²) in [4.78, 5) is 1.37. The predicted molar refractivity (Wildman–Crippen MR) is 102 cm³/mol. The summed E-state index contributed by atoms with van der Waals surface area (Å²) < 4.78 is 3.35. The molecule has 0 saturated carbocycles. The van der Waals surface area contributed by atoms with Crippen LogP contribution in [0, 0.1) is 0 Å². The van der Waals surface area contributed by atoms with Crippen LogP contribution in [0.4, 0.5) is 0 Å². The van der Waals surface area contributed by atoms with E-state index in [-0.39, 0.29) is 0 Å². The zero-order chi connectivity index (χ0) is 16.4. The highest BCUT2D eigenvalue weighted by molar-refractivity contribution is 9.10. The normalized spacial score (nSPS) is 17.0. The first kappa shape index (κ1) is 16.1. The lowest BCUT2D eigenvalue weighted by atomic mass is 9.93. The van der Waals surface area contributed by atoms with Crippen LogP contribution in [-0.2, 0) is 19.5 Å². The van der Waals surface area contributed by atoms with E-state index in [0.717, 1.165) is 19.5 Å². The van der Waals surface area contributed by atoms with Crippen molar-refractivity contribution < 1.29 is 0 Å². The SMILES string of the molecule is Brc1csc(CN[C@@H]2CCCc3c2cnn3Cc2ccccc2)c1. The minimum atomic E-state index is 0.416. The average Bonchev–Trinajstić information content (AvgIpc) is 3.21. The van der Waals surface area contributed by atoms with Crippen molar-refractivity contribution in [1.29, 1.82) is 0 Å². The molecule has 0 fully saturated rings. The van der Waals surface area contributed by atoms with Crippen LogP contribution in [0.5, 0.6) is 0 Å². The number of benzene rings is 1. The molecule has 1 aromatic carbocycles. The van der Waals surface area contributed by atoms with Crippen LogP contribution in [0.2, 0.25) is 0 Å². The quantitative estimate of drug-likeness (QED) is 0.656. The van der Waals surface area contributed by atoms with Crippen LogP contribution < -0.4 is 5.32 Å². The van der Waals surface area contributed by atoms with Crippen molar-refractivity contribution in [3.05, 3.63) is 74.1 Å². The highest BCUT2D eigenvalue weighted by Crippen LogP contribution is 2.30. The van der Waals surface area contributed by atoms with Crippen LogP contribution >= 0.6 is 27.3 Å². The molecule has 3 aromatic rings. The number of hydrogen-bond acceptors (Lipinski definition) is 3. The molecular formula is C19H20BrN3S. The Bertz CT molecular complexity index is 809. The van der Waals surface area contributed by atoms with Gasteiger partial charge in [0.05, 0.1) is 12.7 Å². The molecule has 1 atom stereocenters. The third kappa shape index (κ3) is 3.48. The molecule has 0 unspecified atom stereocenters. The zero-order valence-corrected chi connectivity index (χ0v) is 15.8. The summed E-state index contributed by atoms with van der Waals surface area (Å²) in [7, 11) is 0. The van der Waals surface area contributed by atoms with Gasteiger partial charge in [0.2, 0.25) is 0 Å². The molecule has 4 rings (SSSR count). The number of rotatable bonds is 5. The fourth-order valence-corrected chi connectivity index (χ4v) is 4.80. The first-order valence-corrected chi connectivity index (χ1v) is 10.0. The van der Waals surface area contributed by atoms with Crippen molar-refractivity contribution in [1.82, 2.24) is 15.1 Å². The van der Waals surface area contributed by atoms with Gasteiger partial charge in [-0.05, 0) is 46.8 Å². The Morgan fingerprint density at radius 3 is 2.96 bits per heavy atom. The summed E-state index contributed by atoms with van der Waals surface area (Å²) in [5.74, 6) is 0. The minimum absolute atomic E-state index is 0.416. The van der Waals surface area contributed by atoms with Crippen molar-refractivity contribution >= 4 is 27.3 Å². The van der Waals surface area contributed by atoms with E-state index in [1.54, 1.807) is 11.3 Å². The lowest BCUT2D eigenvalue weighted by Crippen LogP contribution is -2.25. The summed E-state index contributed by atoms with van der Waals surface area (Å²) in [5.41, 5.74) is 4.09. The monoisotopic (exact) mass is 401 g/mol. The van der Waals surface area contributed by atoms with E-state index in [0.29, 0.717) is 6.04 Å². The average molecular weight is 402 g/mol. The molecule has 1 aliphatic rings. The van der Waals surface area contributed by atoms with Crippen LogP contribution in [0.15, 0.2) is 52.4 Å². The van der Waals surface area contributed by atoms with Crippen molar-refractivity contribution in [2.75, 3.05) is 0 Å². The molecule has 3 nitrogen and oxygen atoms in total. The molecule has 0 saturated heterocycles. The number of nitrogens with one attached hydrogen (secondary N) is 1. The smallest absolute Gasteiger partial charge is 0.0662 e. The van der Waals surface area contributed by atoms with Gasteiger partial charge in [-0.3, -0.25) is 4.68 Å². The number of nitrogens with zero attached hydrogens (tertiary/aromatic N) is 2. The summed E-state index contributed by atoms with van der Waals surface area (Å²) in [6, 6.07) is 13.2. The zero-order valence-electron chi connectivity index (χ0n) is 13.4. The Hall–Kier alpha value is -1.43. The largest absolute Gasteiger partial charge is 0.305 e. The highest BCUT2D eigenvalue weighted by Gasteiger charge is 2.24. The summed E-state index contributed by atoms with van der Waals surface area (Å²) in [5, 5.41) is 10.5. The third-order valence-corrected chi connectivity index (χ3v) is 6.28. The number of hydrogen-bond donors (Lipinski definition) is 1. The van der Waals surface area contributed by atoms with Gasteiger partial charge in [0, 0.05) is 38.6 Å². The molecule has 2 aromatic heterocycles. The third-order valence-electron chi connectivity index (χ3n) is 4.58. The maximum absolute atomic E-state index is 4.67. The van der Waals surface area contributed by atoms with Crippen LogP contribution in [-0.4, -0.2) is 9.78 Å². The van der Waals surface area contributed by atoms with Crippen molar-refractivity contribution in [3.63, 3.8) is 0 Å². The van der Waals surface area contributed by atoms with Gasteiger partial charge >= 0.3 is 0 Å². The van der Waals surface area contributed by atoms with Gasteiger partial charge in [-0.25, -0.2) is 0 Å². The molecule has 5 heteroatoms. The highest BCUT2D eigenvalue weighted by atomic mass is 79.9. The molecular weight excluding hydrogens is 382 g/mol. The number of aromatic nitrogens is 2. The van der Waals surface area contributed by atoms with Crippen LogP contribution in [0.1, 0.15) is 40.6 Å². The topological polar surface area (TPSA) is 29.9 Å². The Kier molecular flexibility index (Phi) is 4.83. The van der Waals surface area contributed by atoms with Crippen molar-refractivity contribution in [2.24, 2.45) is 0 Å². The number of halogens is 1. The lowest BCUT2D eigenvalue weighted by Gasteiger charge is -2.24. The van der Waals surface area contributed by atoms with Crippen LogP contribution in [0.3, 0.4) is 0 Å². The molecule has 0 aliphatic heterocycles. The maximum atomic E-state index is 4.67. The maximum Gasteiger partial charge on any atom is 0.0662 e. The van der Waals surface area contributed by atoms with E-state index < -0.39 is 0 Å². The second-order valence-electron chi connectivity index (χ2n) is 6.25. The van der Waals surface area contributed by atoms with E-state index in [2.05, 4.69) is 79.0 Å². The Labute approximate surface area is 154 Å². The predicted octanol–water partition coefficient (Wildman–Crippen LogP) is 4.92. The Morgan fingerprint density at radius 2 is 2.17 bits per heavy atom. The Balaban J connectivity index is 1.49. The molecule has 2 heterocycles. The fourth-order valence-electron chi connectivity index (χ4n) is 3.39. The van der Waals surface area contributed by atoms with E-state index in [1.165, 1.54) is 39.0 Å². The van der Waals surface area contributed by atoms with E-state index >= 15 is 0 Å². The Morgan fingerprint density at radius 1 is 1.29 bits per heavy atom. The minimum Gasteiger partial charge on any atom is -0.305 e. The van der Waals surface area contributed by atoms with Crippen molar-refractivity contribution in [3.8, 4) is 0 Å². The summed E-state index contributed by atoms with van der Waals surface area (Å²) >= 11 is 5.32. The van der Waals surface area contributed by atoms with Gasteiger partial charge in [0.15, 0.2) is 0 Å². The number of fused-ring (bicyclic) bond motifs is 1. The molecule has 0 radical (unpaired) electrons.